The van der Waals surface area contributed by atoms with Gasteiger partial charge in [-0.05, 0) is 37.5 Å². The number of hydrogen-bond donors (Lipinski definition) is 1. The highest BCUT2D eigenvalue weighted by Crippen LogP contribution is 2.10. The van der Waals surface area contributed by atoms with E-state index in [9.17, 15) is 10.1 Å². The Hall–Kier alpha value is -1.55. The molecule has 1 aromatic rings. The molecular weight excluding hydrogens is 240 g/mol. The van der Waals surface area contributed by atoms with Gasteiger partial charge < -0.3 is 5.32 Å². The molecule has 4 nitrogen and oxygen atoms in total. The summed E-state index contributed by atoms with van der Waals surface area (Å²) < 4.78 is 0. The van der Waals surface area contributed by atoms with Crippen molar-refractivity contribution in [2.75, 3.05) is 6.54 Å². The minimum absolute atomic E-state index is 0.457. The largest absolute Gasteiger partial charge is 0.384 e. The quantitative estimate of drug-likeness (QED) is 0.482. The number of halogens is 1. The van der Waals surface area contributed by atoms with Crippen LogP contribution >= 0.6 is 11.6 Å². The Morgan fingerprint density at radius 1 is 1.47 bits per heavy atom. The van der Waals surface area contributed by atoms with Gasteiger partial charge in [0, 0.05) is 11.6 Å². The average molecular weight is 255 g/mol. The molecule has 0 saturated carbocycles. The van der Waals surface area contributed by atoms with Gasteiger partial charge in [-0.1, -0.05) is 23.7 Å². The molecule has 0 aliphatic heterocycles. The molecule has 0 fully saturated rings. The average Bonchev–Trinajstić information content (AvgIpc) is 2.26. The Kier molecular flexibility index (Phi) is 5.49. The highest BCUT2D eigenvalue weighted by Gasteiger charge is 1.96. The van der Waals surface area contributed by atoms with Crippen LogP contribution in [0.25, 0.3) is 0 Å². The highest BCUT2D eigenvalue weighted by molar-refractivity contribution is 6.30. The zero-order valence-corrected chi connectivity index (χ0v) is 10.4. The summed E-state index contributed by atoms with van der Waals surface area (Å²) >= 11 is 5.78. The van der Waals surface area contributed by atoms with E-state index in [2.05, 4.69) is 5.32 Å². The van der Waals surface area contributed by atoms with Crippen molar-refractivity contribution in [1.82, 2.24) is 5.32 Å². The molecule has 0 heterocycles. The predicted octanol–water partition coefficient (Wildman–Crippen LogP) is 3.00. The smallest absolute Gasteiger partial charge is 0.252 e. The molecule has 17 heavy (non-hydrogen) atoms. The Labute approximate surface area is 105 Å². The predicted molar refractivity (Wildman–Crippen MR) is 68.5 cm³/mol. The Morgan fingerprint density at radius 3 is 2.71 bits per heavy atom. The molecule has 0 atom stereocenters. The van der Waals surface area contributed by atoms with Gasteiger partial charge in [0.05, 0.1) is 10.6 Å². The lowest BCUT2D eigenvalue weighted by Gasteiger charge is -2.04. The van der Waals surface area contributed by atoms with Gasteiger partial charge >= 0.3 is 0 Å². The molecule has 92 valence electrons. The summed E-state index contributed by atoms with van der Waals surface area (Å²) in [7, 11) is 0. The second kappa shape index (κ2) is 6.91. The van der Waals surface area contributed by atoms with Crippen molar-refractivity contribution in [1.29, 1.82) is 0 Å². The number of allylic oxidation sites excluding steroid dienone is 1. The number of rotatable bonds is 6. The van der Waals surface area contributed by atoms with E-state index in [4.69, 9.17) is 11.6 Å². The molecule has 5 heteroatoms. The second-order valence-corrected chi connectivity index (χ2v) is 4.19. The van der Waals surface area contributed by atoms with Crippen LogP contribution in [-0.4, -0.2) is 11.5 Å². The van der Waals surface area contributed by atoms with Crippen molar-refractivity contribution in [3.05, 3.63) is 56.9 Å². The van der Waals surface area contributed by atoms with Gasteiger partial charge in [0.25, 0.3) is 6.20 Å². The van der Waals surface area contributed by atoms with Gasteiger partial charge in [0.1, 0.15) is 0 Å². The van der Waals surface area contributed by atoms with E-state index in [-0.39, 0.29) is 0 Å². The lowest BCUT2D eigenvalue weighted by atomic mass is 10.1. The fourth-order valence-electron chi connectivity index (χ4n) is 1.43. The summed E-state index contributed by atoms with van der Waals surface area (Å²) in [4.78, 5) is 9.72. The third kappa shape index (κ3) is 5.92. The van der Waals surface area contributed by atoms with Crippen molar-refractivity contribution >= 4 is 11.6 Å². The maximum atomic E-state index is 10.2. The van der Waals surface area contributed by atoms with Crippen molar-refractivity contribution in [2.45, 2.75) is 19.8 Å². The molecule has 0 aromatic heterocycles. The van der Waals surface area contributed by atoms with Gasteiger partial charge in [-0.2, -0.15) is 0 Å². The van der Waals surface area contributed by atoms with Crippen LogP contribution in [0.4, 0.5) is 0 Å². The molecular formula is C12H15ClN2O2. The zero-order chi connectivity index (χ0) is 12.7. The van der Waals surface area contributed by atoms with Gasteiger partial charge in [0.2, 0.25) is 0 Å². The Balaban J connectivity index is 2.25. The minimum Gasteiger partial charge on any atom is -0.384 e. The summed E-state index contributed by atoms with van der Waals surface area (Å²) in [5.74, 6) is 0. The molecule has 1 aromatic carbocycles. The third-order valence-electron chi connectivity index (χ3n) is 2.26. The van der Waals surface area contributed by atoms with E-state index in [1.54, 1.807) is 6.92 Å². The van der Waals surface area contributed by atoms with E-state index in [0.29, 0.717) is 5.70 Å². The maximum Gasteiger partial charge on any atom is 0.252 e. The topological polar surface area (TPSA) is 55.2 Å². The van der Waals surface area contributed by atoms with Crippen LogP contribution in [0.5, 0.6) is 0 Å². The number of aryl methyl sites for hydroxylation is 1. The number of hydrogen-bond acceptors (Lipinski definition) is 3. The summed E-state index contributed by atoms with van der Waals surface area (Å²) in [6.07, 6.45) is 2.82. The first-order valence-corrected chi connectivity index (χ1v) is 5.76. The minimum atomic E-state index is -0.457. The molecule has 0 spiro atoms. The first-order valence-electron chi connectivity index (χ1n) is 5.38. The molecule has 0 bridgehead atoms. The van der Waals surface area contributed by atoms with Gasteiger partial charge in [-0.3, -0.25) is 10.1 Å². The van der Waals surface area contributed by atoms with Crippen LogP contribution in [0.3, 0.4) is 0 Å². The molecule has 0 saturated heterocycles. The number of nitrogens with one attached hydrogen (secondary N) is 1. The normalized spacial score (nSPS) is 11.3. The second-order valence-electron chi connectivity index (χ2n) is 3.75. The summed E-state index contributed by atoms with van der Waals surface area (Å²) in [6.45, 7) is 2.41. The standard InChI is InChI=1S/C12H15ClN2O2/c1-10(9-15(16)17)14-8-2-3-11-4-6-12(13)7-5-11/h4-7,9,14H,2-3,8H2,1H3/b10-9-. The van der Waals surface area contributed by atoms with Crippen LogP contribution in [0, 0.1) is 10.1 Å². The van der Waals surface area contributed by atoms with E-state index in [0.717, 1.165) is 30.6 Å². The van der Waals surface area contributed by atoms with E-state index < -0.39 is 4.92 Å². The molecule has 0 aliphatic carbocycles. The third-order valence-corrected chi connectivity index (χ3v) is 2.51. The molecule has 0 unspecified atom stereocenters. The fourth-order valence-corrected chi connectivity index (χ4v) is 1.56. The SMILES string of the molecule is C/C(=C/[N+](=O)[O-])NCCCc1ccc(Cl)cc1. The van der Waals surface area contributed by atoms with Crippen LogP contribution < -0.4 is 5.32 Å². The molecule has 0 amide bonds. The van der Waals surface area contributed by atoms with Crippen molar-refractivity contribution in [3.63, 3.8) is 0 Å². The number of nitro groups is 1. The lowest BCUT2D eigenvalue weighted by Crippen LogP contribution is -2.14. The first kappa shape index (κ1) is 13.5. The lowest BCUT2D eigenvalue weighted by molar-refractivity contribution is -0.403. The van der Waals surface area contributed by atoms with Crippen molar-refractivity contribution < 1.29 is 4.92 Å². The van der Waals surface area contributed by atoms with E-state index in [1.165, 1.54) is 5.56 Å². The monoisotopic (exact) mass is 254 g/mol. The van der Waals surface area contributed by atoms with Gasteiger partial charge in [-0.25, -0.2) is 0 Å². The summed E-state index contributed by atoms with van der Waals surface area (Å²) in [5, 5.41) is 13.9. The van der Waals surface area contributed by atoms with Gasteiger partial charge in [0.15, 0.2) is 0 Å². The zero-order valence-electron chi connectivity index (χ0n) is 9.65. The van der Waals surface area contributed by atoms with Crippen LogP contribution in [0.2, 0.25) is 5.02 Å². The Morgan fingerprint density at radius 2 is 2.12 bits per heavy atom. The fraction of sp³-hybridized carbons (Fsp3) is 0.333. The van der Waals surface area contributed by atoms with E-state index >= 15 is 0 Å². The van der Waals surface area contributed by atoms with E-state index in [1.807, 2.05) is 24.3 Å². The maximum absolute atomic E-state index is 10.2. The number of benzene rings is 1. The molecule has 0 aliphatic rings. The van der Waals surface area contributed by atoms with Crippen LogP contribution in [-0.2, 0) is 6.42 Å². The Bertz CT molecular complexity index is 401. The first-order chi connectivity index (χ1) is 8.08. The molecule has 0 radical (unpaired) electrons. The van der Waals surface area contributed by atoms with Crippen LogP contribution in [0.1, 0.15) is 18.9 Å². The summed E-state index contributed by atoms with van der Waals surface area (Å²) in [5.41, 5.74) is 1.79. The van der Waals surface area contributed by atoms with Gasteiger partial charge in [-0.15, -0.1) is 0 Å². The molecule has 1 rings (SSSR count). The van der Waals surface area contributed by atoms with Crippen molar-refractivity contribution in [2.24, 2.45) is 0 Å². The molecule has 1 N–H and O–H groups in total. The van der Waals surface area contributed by atoms with Crippen LogP contribution in [0.15, 0.2) is 36.2 Å². The van der Waals surface area contributed by atoms with Crippen molar-refractivity contribution in [3.8, 4) is 0 Å². The highest BCUT2D eigenvalue weighted by atomic mass is 35.5. The summed E-state index contributed by atoms with van der Waals surface area (Å²) in [6, 6.07) is 7.70. The number of nitrogens with zero attached hydrogens (tertiary/aromatic N) is 1.